The molecule has 0 radical (unpaired) electrons. The van der Waals surface area contributed by atoms with E-state index in [9.17, 15) is 4.79 Å². The van der Waals surface area contributed by atoms with Gasteiger partial charge >= 0.3 is 5.97 Å². The first kappa shape index (κ1) is 11.4. The predicted molar refractivity (Wildman–Crippen MR) is 64.5 cm³/mol. The van der Waals surface area contributed by atoms with E-state index in [1.165, 1.54) is 16.8 Å². The smallest absolute Gasteiger partial charge is 0.356 e. The van der Waals surface area contributed by atoms with Crippen LogP contribution < -0.4 is 0 Å². The van der Waals surface area contributed by atoms with Crippen LogP contribution in [-0.4, -0.2) is 16.1 Å². The average molecular weight is 274 g/mol. The molecular formula is C10H5Cl2NO2S. The molecule has 82 valence electrons. The van der Waals surface area contributed by atoms with Gasteiger partial charge in [-0.25, -0.2) is 9.78 Å². The van der Waals surface area contributed by atoms with Gasteiger partial charge in [0.15, 0.2) is 5.69 Å². The molecule has 2 rings (SSSR count). The van der Waals surface area contributed by atoms with Gasteiger partial charge in [-0.15, -0.1) is 11.3 Å². The summed E-state index contributed by atoms with van der Waals surface area (Å²) in [6.45, 7) is 0. The molecule has 2 aromatic rings. The molecule has 0 unspecified atom stereocenters. The maximum absolute atomic E-state index is 10.9. The molecule has 0 atom stereocenters. The van der Waals surface area contributed by atoms with E-state index in [2.05, 4.69) is 4.98 Å². The lowest BCUT2D eigenvalue weighted by Gasteiger charge is -2.03. The molecule has 0 saturated heterocycles. The second-order valence-corrected chi connectivity index (χ2v) is 4.58. The first-order chi connectivity index (χ1) is 7.61. The van der Waals surface area contributed by atoms with E-state index in [4.69, 9.17) is 28.3 Å². The lowest BCUT2D eigenvalue weighted by Crippen LogP contribution is -1.98. The molecule has 0 fully saturated rings. The molecule has 16 heavy (non-hydrogen) atoms. The third-order valence-corrected chi connectivity index (χ3v) is 3.64. The van der Waals surface area contributed by atoms with Crippen molar-refractivity contribution < 1.29 is 9.90 Å². The van der Waals surface area contributed by atoms with Crippen LogP contribution in [0, 0.1) is 0 Å². The van der Waals surface area contributed by atoms with Crippen LogP contribution in [0.3, 0.4) is 0 Å². The topological polar surface area (TPSA) is 50.2 Å². The third kappa shape index (κ3) is 1.91. The molecule has 0 amide bonds. The number of nitrogens with zero attached hydrogens (tertiary/aromatic N) is 1. The van der Waals surface area contributed by atoms with Crippen LogP contribution in [0.5, 0.6) is 0 Å². The Labute approximate surface area is 105 Å². The maximum Gasteiger partial charge on any atom is 0.356 e. The molecule has 1 aromatic heterocycles. The highest BCUT2D eigenvalue weighted by Crippen LogP contribution is 2.37. The highest BCUT2D eigenvalue weighted by Gasteiger charge is 2.18. The minimum absolute atomic E-state index is 0.00540. The summed E-state index contributed by atoms with van der Waals surface area (Å²) < 4.78 is 0. The zero-order valence-corrected chi connectivity index (χ0v) is 10.1. The van der Waals surface area contributed by atoms with Gasteiger partial charge in [0.25, 0.3) is 0 Å². The van der Waals surface area contributed by atoms with Gasteiger partial charge in [-0.1, -0.05) is 35.3 Å². The Morgan fingerprint density at radius 3 is 2.81 bits per heavy atom. The van der Waals surface area contributed by atoms with Crippen LogP contribution in [0.1, 0.15) is 10.5 Å². The Kier molecular flexibility index (Phi) is 3.14. The van der Waals surface area contributed by atoms with Crippen molar-refractivity contribution in [2.24, 2.45) is 0 Å². The number of carbonyl (C=O) groups is 1. The average Bonchev–Trinajstić information content (AvgIpc) is 2.70. The van der Waals surface area contributed by atoms with Crippen LogP contribution in [0.15, 0.2) is 23.7 Å². The summed E-state index contributed by atoms with van der Waals surface area (Å²) in [5.41, 5.74) is 2.05. The Bertz CT molecular complexity index is 554. The van der Waals surface area contributed by atoms with Crippen molar-refractivity contribution in [3.05, 3.63) is 39.4 Å². The predicted octanol–water partition coefficient (Wildman–Crippen LogP) is 3.82. The molecule has 3 nitrogen and oxygen atoms in total. The van der Waals surface area contributed by atoms with Gasteiger partial charge in [-0.3, -0.25) is 0 Å². The Hall–Kier alpha value is -1.10. The van der Waals surface area contributed by atoms with Crippen molar-refractivity contribution in [1.82, 2.24) is 4.98 Å². The molecule has 0 bridgehead atoms. The van der Waals surface area contributed by atoms with Gasteiger partial charge in [0.05, 0.1) is 20.4 Å². The SMILES string of the molecule is O=C(O)c1ncsc1-c1cccc(Cl)c1Cl. The number of halogens is 2. The summed E-state index contributed by atoms with van der Waals surface area (Å²) in [4.78, 5) is 15.2. The molecule has 6 heteroatoms. The number of aromatic nitrogens is 1. The summed E-state index contributed by atoms with van der Waals surface area (Å²) in [6, 6.07) is 5.08. The number of rotatable bonds is 2. The van der Waals surface area contributed by atoms with Gasteiger partial charge in [0.1, 0.15) is 0 Å². The van der Waals surface area contributed by atoms with E-state index in [0.717, 1.165) is 0 Å². The van der Waals surface area contributed by atoms with Gasteiger partial charge < -0.3 is 5.11 Å². The van der Waals surface area contributed by atoms with Crippen molar-refractivity contribution in [2.45, 2.75) is 0 Å². The van der Waals surface area contributed by atoms with Gasteiger partial charge in [0, 0.05) is 5.56 Å². The third-order valence-electron chi connectivity index (χ3n) is 1.97. The van der Waals surface area contributed by atoms with Crippen LogP contribution >= 0.6 is 34.5 Å². The maximum atomic E-state index is 10.9. The van der Waals surface area contributed by atoms with E-state index < -0.39 is 5.97 Å². The van der Waals surface area contributed by atoms with Crippen LogP contribution in [-0.2, 0) is 0 Å². The number of thiazole rings is 1. The summed E-state index contributed by atoms with van der Waals surface area (Å²) in [5, 5.41) is 9.68. The largest absolute Gasteiger partial charge is 0.476 e. The Morgan fingerprint density at radius 2 is 2.12 bits per heavy atom. The molecule has 0 aliphatic rings. The van der Waals surface area contributed by atoms with Gasteiger partial charge in [-0.05, 0) is 6.07 Å². The van der Waals surface area contributed by atoms with Crippen molar-refractivity contribution in [2.75, 3.05) is 0 Å². The monoisotopic (exact) mass is 273 g/mol. The Morgan fingerprint density at radius 1 is 1.38 bits per heavy atom. The van der Waals surface area contributed by atoms with Crippen LogP contribution in [0.2, 0.25) is 10.0 Å². The number of benzene rings is 1. The second kappa shape index (κ2) is 4.41. The van der Waals surface area contributed by atoms with E-state index >= 15 is 0 Å². The molecule has 0 aliphatic heterocycles. The zero-order chi connectivity index (χ0) is 11.7. The first-order valence-corrected chi connectivity index (χ1v) is 5.86. The summed E-state index contributed by atoms with van der Waals surface area (Å²) in [5.74, 6) is -1.08. The lowest BCUT2D eigenvalue weighted by molar-refractivity contribution is 0.0692. The number of aromatic carboxylic acids is 1. The number of hydrogen-bond acceptors (Lipinski definition) is 3. The van der Waals surface area contributed by atoms with Crippen molar-refractivity contribution in [3.63, 3.8) is 0 Å². The van der Waals surface area contributed by atoms with Crippen LogP contribution in [0.25, 0.3) is 10.4 Å². The normalized spacial score (nSPS) is 10.4. The molecule has 0 spiro atoms. The number of hydrogen-bond donors (Lipinski definition) is 1. The van der Waals surface area contributed by atoms with Crippen molar-refractivity contribution in [1.29, 1.82) is 0 Å². The van der Waals surface area contributed by atoms with E-state index in [-0.39, 0.29) is 5.69 Å². The van der Waals surface area contributed by atoms with Crippen LogP contribution in [0.4, 0.5) is 0 Å². The first-order valence-electron chi connectivity index (χ1n) is 4.22. The highest BCUT2D eigenvalue weighted by molar-refractivity contribution is 7.13. The minimum atomic E-state index is -1.08. The summed E-state index contributed by atoms with van der Waals surface area (Å²) >= 11 is 13.1. The lowest BCUT2D eigenvalue weighted by atomic mass is 10.1. The van der Waals surface area contributed by atoms with E-state index in [1.54, 1.807) is 18.2 Å². The fraction of sp³-hybridized carbons (Fsp3) is 0. The standard InChI is InChI=1S/C10H5Cl2NO2S/c11-6-3-1-2-5(7(6)12)9-8(10(14)15)13-4-16-9/h1-4H,(H,14,15). The van der Waals surface area contributed by atoms with Gasteiger partial charge in [0.2, 0.25) is 0 Å². The highest BCUT2D eigenvalue weighted by atomic mass is 35.5. The molecule has 1 aromatic carbocycles. The molecular weight excluding hydrogens is 269 g/mol. The van der Waals surface area contributed by atoms with Crippen molar-refractivity contribution in [3.8, 4) is 10.4 Å². The number of carboxylic acids is 1. The van der Waals surface area contributed by atoms with E-state index in [0.29, 0.717) is 20.5 Å². The Balaban J connectivity index is 2.63. The second-order valence-electron chi connectivity index (χ2n) is 2.94. The zero-order valence-electron chi connectivity index (χ0n) is 7.78. The molecule has 0 aliphatic carbocycles. The molecule has 1 N–H and O–H groups in total. The minimum Gasteiger partial charge on any atom is -0.476 e. The fourth-order valence-electron chi connectivity index (χ4n) is 1.27. The van der Waals surface area contributed by atoms with Gasteiger partial charge in [-0.2, -0.15) is 0 Å². The van der Waals surface area contributed by atoms with Crippen molar-refractivity contribution >= 4 is 40.5 Å². The quantitative estimate of drug-likeness (QED) is 0.905. The number of carboxylic acid groups (broad SMARTS) is 1. The fourth-order valence-corrected chi connectivity index (χ4v) is 2.53. The molecule has 1 heterocycles. The summed E-state index contributed by atoms with van der Waals surface area (Å²) in [7, 11) is 0. The van der Waals surface area contributed by atoms with E-state index in [1.807, 2.05) is 0 Å². The summed E-state index contributed by atoms with van der Waals surface area (Å²) in [6.07, 6.45) is 0. The molecule has 0 saturated carbocycles.